The Labute approximate surface area is 124 Å². The third-order valence-electron chi connectivity index (χ3n) is 3.81. The minimum Gasteiger partial charge on any atom is -0.207 e. The van der Waals surface area contributed by atoms with Gasteiger partial charge in [-0.3, -0.25) is 0 Å². The normalized spacial score (nSPS) is 16.6. The van der Waals surface area contributed by atoms with Crippen LogP contribution in [0.2, 0.25) is 0 Å². The maximum atomic E-state index is 12.6. The van der Waals surface area contributed by atoms with Crippen molar-refractivity contribution >= 4 is 26.0 Å². The zero-order valence-electron chi connectivity index (χ0n) is 11.4. The number of rotatable bonds is 5. The Morgan fingerprint density at radius 1 is 1.37 bits per heavy atom. The number of hydrogen-bond acceptors (Lipinski definition) is 2. The number of benzene rings is 1. The quantitative estimate of drug-likeness (QED) is 0.817. The topological polar surface area (TPSA) is 37.4 Å². The van der Waals surface area contributed by atoms with E-state index in [2.05, 4.69) is 15.9 Å². The fraction of sp³-hybridized carbons (Fsp3) is 0.571. The van der Waals surface area contributed by atoms with Crippen molar-refractivity contribution in [3.05, 3.63) is 28.2 Å². The zero-order valence-corrected chi connectivity index (χ0v) is 13.8. The number of sulfonamides is 1. The SMILES string of the molecule is CCN(CC1CCC1)S(=O)(=O)c1ccc(Br)c(C)c1. The van der Waals surface area contributed by atoms with Crippen LogP contribution in [0.3, 0.4) is 0 Å². The third-order valence-corrected chi connectivity index (χ3v) is 6.63. The molecule has 2 rings (SSSR count). The van der Waals surface area contributed by atoms with Crippen molar-refractivity contribution in [3.63, 3.8) is 0 Å². The first-order valence-electron chi connectivity index (χ1n) is 6.71. The molecule has 0 spiro atoms. The molecule has 0 bridgehead atoms. The second-order valence-electron chi connectivity index (χ2n) is 5.16. The summed E-state index contributed by atoms with van der Waals surface area (Å²) in [6, 6.07) is 5.22. The van der Waals surface area contributed by atoms with Crippen LogP contribution in [-0.2, 0) is 10.0 Å². The lowest BCUT2D eigenvalue weighted by molar-refractivity contribution is 0.250. The van der Waals surface area contributed by atoms with Crippen LogP contribution >= 0.6 is 15.9 Å². The van der Waals surface area contributed by atoms with Gasteiger partial charge in [0.15, 0.2) is 0 Å². The maximum absolute atomic E-state index is 12.6. The molecule has 0 atom stereocenters. The smallest absolute Gasteiger partial charge is 0.207 e. The maximum Gasteiger partial charge on any atom is 0.243 e. The van der Waals surface area contributed by atoms with E-state index in [-0.39, 0.29) is 0 Å². The third kappa shape index (κ3) is 3.20. The molecule has 0 radical (unpaired) electrons. The second-order valence-corrected chi connectivity index (χ2v) is 7.96. The predicted molar refractivity (Wildman–Crippen MR) is 80.7 cm³/mol. The van der Waals surface area contributed by atoms with Crippen LogP contribution in [0.25, 0.3) is 0 Å². The Morgan fingerprint density at radius 2 is 2.05 bits per heavy atom. The van der Waals surface area contributed by atoms with Gasteiger partial charge in [0.1, 0.15) is 0 Å². The van der Waals surface area contributed by atoms with Crippen LogP contribution in [-0.4, -0.2) is 25.8 Å². The summed E-state index contributed by atoms with van der Waals surface area (Å²) >= 11 is 3.40. The molecular formula is C14H20BrNO2S. The summed E-state index contributed by atoms with van der Waals surface area (Å²) in [6.45, 7) is 5.01. The summed E-state index contributed by atoms with van der Waals surface area (Å²) in [6.07, 6.45) is 3.55. The second kappa shape index (κ2) is 5.94. The van der Waals surface area contributed by atoms with E-state index in [0.29, 0.717) is 23.9 Å². The first-order valence-corrected chi connectivity index (χ1v) is 8.94. The van der Waals surface area contributed by atoms with Crippen molar-refractivity contribution < 1.29 is 8.42 Å². The van der Waals surface area contributed by atoms with E-state index in [0.717, 1.165) is 22.9 Å². The molecule has 0 amide bonds. The molecular weight excluding hydrogens is 326 g/mol. The van der Waals surface area contributed by atoms with Gasteiger partial charge in [-0.2, -0.15) is 4.31 Å². The lowest BCUT2D eigenvalue weighted by atomic mass is 9.85. The van der Waals surface area contributed by atoms with Gasteiger partial charge in [0.05, 0.1) is 4.90 Å². The average molecular weight is 346 g/mol. The van der Waals surface area contributed by atoms with Crippen molar-refractivity contribution in [3.8, 4) is 0 Å². The van der Waals surface area contributed by atoms with E-state index in [4.69, 9.17) is 0 Å². The first kappa shape index (κ1) is 15.0. The molecule has 106 valence electrons. The Hall–Kier alpha value is -0.390. The van der Waals surface area contributed by atoms with Gasteiger partial charge in [0.2, 0.25) is 10.0 Å². The van der Waals surface area contributed by atoms with Crippen molar-refractivity contribution in [2.45, 2.75) is 38.0 Å². The molecule has 1 aliphatic carbocycles. The van der Waals surface area contributed by atoms with Gasteiger partial charge in [-0.15, -0.1) is 0 Å². The number of halogens is 1. The number of nitrogens with zero attached hydrogens (tertiary/aromatic N) is 1. The van der Waals surface area contributed by atoms with Gasteiger partial charge in [0.25, 0.3) is 0 Å². The van der Waals surface area contributed by atoms with Crippen LogP contribution in [0, 0.1) is 12.8 Å². The molecule has 0 aliphatic heterocycles. The highest BCUT2D eigenvalue weighted by atomic mass is 79.9. The molecule has 1 saturated carbocycles. The summed E-state index contributed by atoms with van der Waals surface area (Å²) in [4.78, 5) is 0.398. The average Bonchev–Trinajstić information content (AvgIpc) is 2.31. The fourth-order valence-corrected chi connectivity index (χ4v) is 4.14. The van der Waals surface area contributed by atoms with Crippen molar-refractivity contribution in [2.24, 2.45) is 5.92 Å². The van der Waals surface area contributed by atoms with E-state index in [1.54, 1.807) is 22.5 Å². The summed E-state index contributed by atoms with van der Waals surface area (Å²) in [5.74, 6) is 0.547. The van der Waals surface area contributed by atoms with Gasteiger partial charge in [-0.05, 0) is 49.4 Å². The molecule has 0 N–H and O–H groups in total. The number of hydrogen-bond donors (Lipinski definition) is 0. The lowest BCUT2D eigenvalue weighted by Gasteiger charge is -2.31. The van der Waals surface area contributed by atoms with E-state index in [1.165, 1.54) is 6.42 Å². The summed E-state index contributed by atoms with van der Waals surface area (Å²) in [5.41, 5.74) is 0.945. The van der Waals surface area contributed by atoms with Gasteiger partial charge in [-0.25, -0.2) is 8.42 Å². The van der Waals surface area contributed by atoms with Crippen LogP contribution in [0.1, 0.15) is 31.7 Å². The van der Waals surface area contributed by atoms with Gasteiger partial charge < -0.3 is 0 Å². The number of aryl methyl sites for hydroxylation is 1. The van der Waals surface area contributed by atoms with Gasteiger partial charge >= 0.3 is 0 Å². The molecule has 19 heavy (non-hydrogen) atoms. The van der Waals surface area contributed by atoms with Crippen molar-refractivity contribution in [2.75, 3.05) is 13.1 Å². The fourth-order valence-electron chi connectivity index (χ4n) is 2.29. The van der Waals surface area contributed by atoms with E-state index < -0.39 is 10.0 Å². The van der Waals surface area contributed by atoms with Crippen LogP contribution in [0.15, 0.2) is 27.6 Å². The molecule has 5 heteroatoms. The Balaban J connectivity index is 2.25. The van der Waals surface area contributed by atoms with Crippen molar-refractivity contribution in [1.82, 2.24) is 4.31 Å². The van der Waals surface area contributed by atoms with Gasteiger partial charge in [0, 0.05) is 17.6 Å². The Kier molecular flexibility index (Phi) is 4.69. The molecule has 0 aromatic heterocycles. The molecule has 0 heterocycles. The lowest BCUT2D eigenvalue weighted by Crippen LogP contribution is -2.37. The zero-order chi connectivity index (χ0) is 14.0. The molecule has 1 fully saturated rings. The molecule has 0 unspecified atom stereocenters. The molecule has 0 saturated heterocycles. The Bertz CT molecular complexity index is 553. The molecule has 1 aliphatic rings. The minimum absolute atomic E-state index is 0.398. The van der Waals surface area contributed by atoms with Crippen LogP contribution < -0.4 is 0 Å². The largest absolute Gasteiger partial charge is 0.243 e. The summed E-state index contributed by atoms with van der Waals surface area (Å²) < 4.78 is 27.8. The van der Waals surface area contributed by atoms with Crippen LogP contribution in [0.5, 0.6) is 0 Å². The first-order chi connectivity index (χ1) is 8.95. The van der Waals surface area contributed by atoms with Crippen LogP contribution in [0.4, 0.5) is 0 Å². The predicted octanol–water partition coefficient (Wildman–Crippen LogP) is 3.57. The highest BCUT2D eigenvalue weighted by molar-refractivity contribution is 9.10. The summed E-state index contributed by atoms with van der Waals surface area (Å²) in [7, 11) is -3.35. The standard InChI is InChI=1S/C14H20BrNO2S/c1-3-16(10-12-5-4-6-12)19(17,18)13-7-8-14(15)11(2)9-13/h7-9,12H,3-6,10H2,1-2H3. The van der Waals surface area contributed by atoms with E-state index in [1.807, 2.05) is 13.8 Å². The van der Waals surface area contributed by atoms with E-state index >= 15 is 0 Å². The highest BCUT2D eigenvalue weighted by Gasteiger charge is 2.28. The monoisotopic (exact) mass is 345 g/mol. The molecule has 3 nitrogen and oxygen atoms in total. The molecule has 1 aromatic rings. The van der Waals surface area contributed by atoms with Crippen molar-refractivity contribution in [1.29, 1.82) is 0 Å². The summed E-state index contributed by atoms with van der Waals surface area (Å²) in [5, 5.41) is 0. The molecule has 1 aromatic carbocycles. The Morgan fingerprint density at radius 3 is 2.53 bits per heavy atom. The minimum atomic E-state index is -3.35. The highest BCUT2D eigenvalue weighted by Crippen LogP contribution is 2.29. The van der Waals surface area contributed by atoms with E-state index in [9.17, 15) is 8.42 Å². The van der Waals surface area contributed by atoms with Gasteiger partial charge in [-0.1, -0.05) is 29.3 Å².